The van der Waals surface area contributed by atoms with Crippen LogP contribution < -0.4 is 5.32 Å². The highest BCUT2D eigenvalue weighted by atomic mass is 35.5. The van der Waals surface area contributed by atoms with E-state index in [-0.39, 0.29) is 18.4 Å². The summed E-state index contributed by atoms with van der Waals surface area (Å²) in [6.45, 7) is 4.26. The first-order valence-corrected chi connectivity index (χ1v) is 6.82. The summed E-state index contributed by atoms with van der Waals surface area (Å²) in [5.41, 5.74) is 0. The van der Waals surface area contributed by atoms with Gasteiger partial charge in [-0.2, -0.15) is 0 Å². The predicted octanol–water partition coefficient (Wildman–Crippen LogP) is 1.37. The van der Waals surface area contributed by atoms with Gasteiger partial charge in [0.15, 0.2) is 9.84 Å². The maximum Gasteiger partial charge on any atom is 0.151 e. The van der Waals surface area contributed by atoms with Gasteiger partial charge in [0.2, 0.25) is 0 Å². The summed E-state index contributed by atoms with van der Waals surface area (Å²) in [6.07, 6.45) is 3.06. The minimum atomic E-state index is -2.72. The number of sulfone groups is 1. The molecule has 1 rings (SSSR count). The zero-order chi connectivity index (χ0) is 9.90. The van der Waals surface area contributed by atoms with Gasteiger partial charge >= 0.3 is 0 Å². The van der Waals surface area contributed by atoms with Crippen LogP contribution in [-0.4, -0.2) is 32.0 Å². The van der Waals surface area contributed by atoms with Gasteiger partial charge in [-0.15, -0.1) is 12.4 Å². The van der Waals surface area contributed by atoms with Crippen molar-refractivity contribution in [1.29, 1.82) is 0 Å². The van der Waals surface area contributed by atoms with Crippen molar-refractivity contribution in [3.8, 4) is 0 Å². The standard InChI is InChI=1S/C9H19NO2S.ClH/c1-3-4-8(2)10-9-5-6-13(11,12)7-9;/h8-10H,3-7H2,1-2H3;1H. The molecule has 2 unspecified atom stereocenters. The van der Waals surface area contributed by atoms with Crippen molar-refractivity contribution < 1.29 is 8.42 Å². The molecule has 0 amide bonds. The fraction of sp³-hybridized carbons (Fsp3) is 1.00. The highest BCUT2D eigenvalue weighted by molar-refractivity contribution is 7.91. The fourth-order valence-corrected chi connectivity index (χ4v) is 3.53. The minimum Gasteiger partial charge on any atom is -0.310 e. The molecule has 1 fully saturated rings. The monoisotopic (exact) mass is 241 g/mol. The molecule has 14 heavy (non-hydrogen) atoms. The Hall–Kier alpha value is 0.200. The lowest BCUT2D eigenvalue weighted by Gasteiger charge is -2.17. The zero-order valence-corrected chi connectivity index (χ0v) is 10.5. The first kappa shape index (κ1) is 14.2. The maximum absolute atomic E-state index is 11.1. The van der Waals surface area contributed by atoms with Gasteiger partial charge < -0.3 is 5.32 Å². The Morgan fingerprint density at radius 2 is 2.14 bits per heavy atom. The van der Waals surface area contributed by atoms with Gasteiger partial charge in [-0.05, 0) is 19.8 Å². The van der Waals surface area contributed by atoms with E-state index >= 15 is 0 Å². The van der Waals surface area contributed by atoms with Crippen LogP contribution in [0.15, 0.2) is 0 Å². The topological polar surface area (TPSA) is 46.2 Å². The van der Waals surface area contributed by atoms with E-state index in [2.05, 4.69) is 19.2 Å². The first-order chi connectivity index (χ1) is 6.03. The summed E-state index contributed by atoms with van der Waals surface area (Å²) >= 11 is 0. The lowest BCUT2D eigenvalue weighted by Crippen LogP contribution is -2.37. The molecule has 0 spiro atoms. The third-order valence-corrected chi connectivity index (χ3v) is 4.24. The van der Waals surface area contributed by atoms with Gasteiger partial charge in [0.25, 0.3) is 0 Å². The number of hydrogen-bond donors (Lipinski definition) is 1. The van der Waals surface area contributed by atoms with Crippen LogP contribution in [0.2, 0.25) is 0 Å². The number of halogens is 1. The molecule has 86 valence electrons. The number of rotatable bonds is 4. The Morgan fingerprint density at radius 1 is 1.50 bits per heavy atom. The first-order valence-electron chi connectivity index (χ1n) is 5.00. The molecule has 0 aromatic heterocycles. The van der Waals surface area contributed by atoms with Crippen LogP contribution in [0.1, 0.15) is 33.1 Å². The summed E-state index contributed by atoms with van der Waals surface area (Å²) in [7, 11) is -2.72. The Bertz CT molecular complexity index is 254. The predicted molar refractivity (Wildman–Crippen MR) is 61.8 cm³/mol. The lowest BCUT2D eigenvalue weighted by atomic mass is 10.1. The Labute approximate surface area is 93.0 Å². The quantitative estimate of drug-likeness (QED) is 0.809. The third-order valence-electron chi connectivity index (χ3n) is 2.47. The molecule has 1 saturated heterocycles. The summed E-state index contributed by atoms with van der Waals surface area (Å²) in [5, 5.41) is 3.36. The van der Waals surface area contributed by atoms with Crippen molar-refractivity contribution in [2.75, 3.05) is 11.5 Å². The van der Waals surface area contributed by atoms with E-state index < -0.39 is 9.84 Å². The van der Waals surface area contributed by atoms with Crippen molar-refractivity contribution in [1.82, 2.24) is 5.32 Å². The van der Waals surface area contributed by atoms with Crippen LogP contribution in [0.5, 0.6) is 0 Å². The lowest BCUT2D eigenvalue weighted by molar-refractivity contribution is 0.447. The Balaban J connectivity index is 0.00000169. The third kappa shape index (κ3) is 4.62. The molecule has 3 nitrogen and oxygen atoms in total. The largest absolute Gasteiger partial charge is 0.310 e. The molecule has 0 saturated carbocycles. The molecule has 0 bridgehead atoms. The van der Waals surface area contributed by atoms with E-state index in [1.54, 1.807) is 0 Å². The molecule has 0 aromatic carbocycles. The van der Waals surface area contributed by atoms with Gasteiger partial charge in [0.1, 0.15) is 0 Å². The van der Waals surface area contributed by atoms with Crippen molar-refractivity contribution in [3.63, 3.8) is 0 Å². The van der Waals surface area contributed by atoms with Gasteiger partial charge in [0.05, 0.1) is 11.5 Å². The average molecular weight is 242 g/mol. The van der Waals surface area contributed by atoms with Crippen molar-refractivity contribution in [3.05, 3.63) is 0 Å². The van der Waals surface area contributed by atoms with Crippen LogP contribution in [0, 0.1) is 0 Å². The van der Waals surface area contributed by atoms with Gasteiger partial charge in [-0.1, -0.05) is 13.3 Å². The molecular weight excluding hydrogens is 222 g/mol. The van der Waals surface area contributed by atoms with E-state index in [9.17, 15) is 8.42 Å². The average Bonchev–Trinajstić information content (AvgIpc) is 2.30. The smallest absolute Gasteiger partial charge is 0.151 e. The fourth-order valence-electron chi connectivity index (χ4n) is 1.85. The molecule has 1 aliphatic heterocycles. The van der Waals surface area contributed by atoms with Crippen molar-refractivity contribution in [2.24, 2.45) is 0 Å². The second kappa shape index (κ2) is 5.93. The van der Waals surface area contributed by atoms with E-state index in [0.717, 1.165) is 19.3 Å². The second-order valence-electron chi connectivity index (χ2n) is 3.96. The van der Waals surface area contributed by atoms with Gasteiger partial charge in [-0.3, -0.25) is 0 Å². The maximum atomic E-state index is 11.1. The molecule has 0 aromatic rings. The molecule has 5 heteroatoms. The van der Waals surface area contributed by atoms with Gasteiger partial charge in [0, 0.05) is 12.1 Å². The SMILES string of the molecule is CCCC(C)NC1CCS(=O)(=O)C1.Cl. The molecule has 0 radical (unpaired) electrons. The molecule has 2 atom stereocenters. The van der Waals surface area contributed by atoms with E-state index in [0.29, 0.717) is 17.5 Å². The molecular formula is C9H20ClNO2S. The van der Waals surface area contributed by atoms with Crippen molar-refractivity contribution in [2.45, 2.75) is 45.2 Å². The summed E-state index contributed by atoms with van der Waals surface area (Å²) in [5.74, 6) is 0.699. The highest BCUT2D eigenvalue weighted by Gasteiger charge is 2.28. The van der Waals surface area contributed by atoms with Gasteiger partial charge in [-0.25, -0.2) is 8.42 Å². The molecule has 1 N–H and O–H groups in total. The summed E-state index contributed by atoms with van der Waals surface area (Å²) < 4.78 is 22.3. The molecule has 0 aliphatic carbocycles. The van der Waals surface area contributed by atoms with Crippen molar-refractivity contribution >= 4 is 22.2 Å². The second-order valence-corrected chi connectivity index (χ2v) is 6.19. The number of nitrogens with one attached hydrogen (secondary N) is 1. The van der Waals surface area contributed by atoms with Crippen LogP contribution in [-0.2, 0) is 9.84 Å². The van der Waals surface area contributed by atoms with Crippen LogP contribution in [0.3, 0.4) is 0 Å². The molecule has 1 aliphatic rings. The van der Waals surface area contributed by atoms with E-state index in [1.807, 2.05) is 0 Å². The summed E-state index contributed by atoms with van der Waals surface area (Å²) in [4.78, 5) is 0. The van der Waals surface area contributed by atoms with Crippen LogP contribution in [0.4, 0.5) is 0 Å². The highest BCUT2D eigenvalue weighted by Crippen LogP contribution is 2.12. The summed E-state index contributed by atoms with van der Waals surface area (Å²) in [6, 6.07) is 0.648. The Morgan fingerprint density at radius 3 is 2.57 bits per heavy atom. The molecule has 1 heterocycles. The normalized spacial score (nSPS) is 26.9. The van der Waals surface area contributed by atoms with Crippen LogP contribution >= 0.6 is 12.4 Å². The zero-order valence-electron chi connectivity index (χ0n) is 8.82. The number of hydrogen-bond acceptors (Lipinski definition) is 3. The van der Waals surface area contributed by atoms with Crippen LogP contribution in [0.25, 0.3) is 0 Å². The van der Waals surface area contributed by atoms with E-state index in [1.165, 1.54) is 0 Å². The Kier molecular flexibility index (Phi) is 6.02. The minimum absolute atomic E-state index is 0. The van der Waals surface area contributed by atoms with E-state index in [4.69, 9.17) is 0 Å².